The van der Waals surface area contributed by atoms with Crippen LogP contribution in [0.2, 0.25) is 0 Å². The SMILES string of the molecule is C1CC1.CC(c1cc(C(F)(F)F)ccc1C(F)(F)F)N1CCC(OC(=O)c2cccc(CCC(=O)O)c2)CC1. The van der Waals surface area contributed by atoms with Crippen molar-refractivity contribution in [1.82, 2.24) is 4.90 Å². The first-order valence-corrected chi connectivity index (χ1v) is 12.8. The number of carboxylic acid groups (broad SMARTS) is 1. The highest BCUT2D eigenvalue weighted by molar-refractivity contribution is 5.89. The summed E-state index contributed by atoms with van der Waals surface area (Å²) in [6.07, 6.45) is -4.82. The Morgan fingerprint density at radius 2 is 1.62 bits per heavy atom. The third-order valence-corrected chi connectivity index (χ3v) is 6.58. The molecule has 1 heterocycles. The van der Waals surface area contributed by atoms with Crippen LogP contribution < -0.4 is 0 Å². The highest BCUT2D eigenvalue weighted by Gasteiger charge is 2.39. The van der Waals surface area contributed by atoms with Crippen molar-refractivity contribution in [2.75, 3.05) is 13.1 Å². The number of rotatable bonds is 7. The van der Waals surface area contributed by atoms with Gasteiger partial charge in [0, 0.05) is 25.6 Å². The summed E-state index contributed by atoms with van der Waals surface area (Å²) in [5.74, 6) is -1.56. The Hall–Kier alpha value is -3.08. The van der Waals surface area contributed by atoms with Gasteiger partial charge in [0.15, 0.2) is 0 Å². The second-order valence-electron chi connectivity index (χ2n) is 9.77. The quantitative estimate of drug-likeness (QED) is 0.285. The van der Waals surface area contributed by atoms with E-state index in [-0.39, 0.29) is 31.5 Å². The second kappa shape index (κ2) is 12.8. The molecule has 39 heavy (non-hydrogen) atoms. The normalized spacial score (nSPS) is 17.1. The number of carboxylic acids is 1. The highest BCUT2D eigenvalue weighted by Crippen LogP contribution is 2.40. The van der Waals surface area contributed by atoms with Crippen LogP contribution >= 0.6 is 0 Å². The zero-order valence-electron chi connectivity index (χ0n) is 21.4. The van der Waals surface area contributed by atoms with Crippen LogP contribution in [0.3, 0.4) is 0 Å². The molecule has 11 heteroatoms. The molecular weight excluding hydrogens is 528 g/mol. The monoisotopic (exact) mass is 559 g/mol. The average molecular weight is 560 g/mol. The Morgan fingerprint density at radius 1 is 0.974 bits per heavy atom. The number of hydrogen-bond acceptors (Lipinski definition) is 4. The highest BCUT2D eigenvalue weighted by atomic mass is 19.4. The topological polar surface area (TPSA) is 66.8 Å². The second-order valence-corrected chi connectivity index (χ2v) is 9.77. The van der Waals surface area contributed by atoms with Crippen molar-refractivity contribution in [3.05, 3.63) is 70.3 Å². The zero-order valence-corrected chi connectivity index (χ0v) is 21.4. The van der Waals surface area contributed by atoms with E-state index >= 15 is 0 Å². The van der Waals surface area contributed by atoms with Gasteiger partial charge in [-0.3, -0.25) is 9.69 Å². The van der Waals surface area contributed by atoms with Crippen LogP contribution in [0.25, 0.3) is 0 Å². The first-order valence-electron chi connectivity index (χ1n) is 12.8. The standard InChI is InChI=1S/C25H25F6NO4.C3H6/c1-15(20-14-18(24(26,27)28)6-7-21(20)25(29,30)31)32-11-9-19(10-12-32)36-23(35)17-4-2-3-16(13-17)5-8-22(33)34;1-2-3-1/h2-4,6-7,13-15,19H,5,8-12H2,1H3,(H,33,34);1-3H2. The summed E-state index contributed by atoms with van der Waals surface area (Å²) in [5, 5.41) is 8.81. The molecule has 1 unspecified atom stereocenters. The van der Waals surface area contributed by atoms with Gasteiger partial charge in [-0.2, -0.15) is 26.3 Å². The summed E-state index contributed by atoms with van der Waals surface area (Å²) in [7, 11) is 0. The minimum Gasteiger partial charge on any atom is -0.481 e. The Morgan fingerprint density at radius 3 is 2.15 bits per heavy atom. The molecule has 1 atom stereocenters. The molecule has 0 radical (unpaired) electrons. The Bertz CT molecular complexity index is 1130. The average Bonchev–Trinajstić information content (AvgIpc) is 3.76. The molecule has 1 N–H and O–H groups in total. The third-order valence-electron chi connectivity index (χ3n) is 6.58. The first kappa shape index (κ1) is 30.5. The lowest BCUT2D eigenvalue weighted by Gasteiger charge is -2.37. The molecule has 2 aromatic carbocycles. The van der Waals surface area contributed by atoms with Gasteiger partial charge < -0.3 is 9.84 Å². The van der Waals surface area contributed by atoms with Gasteiger partial charge in [-0.05, 0) is 67.6 Å². The Balaban J connectivity index is 0.00000131. The fourth-order valence-electron chi connectivity index (χ4n) is 4.24. The first-order chi connectivity index (χ1) is 18.3. The number of likely N-dealkylation sites (tertiary alicyclic amines) is 1. The van der Waals surface area contributed by atoms with E-state index in [0.717, 1.165) is 0 Å². The van der Waals surface area contributed by atoms with E-state index in [9.17, 15) is 35.9 Å². The molecule has 1 saturated carbocycles. The van der Waals surface area contributed by atoms with E-state index in [0.29, 0.717) is 36.6 Å². The molecule has 214 valence electrons. The number of alkyl halides is 6. The van der Waals surface area contributed by atoms with Crippen LogP contribution in [0.4, 0.5) is 26.3 Å². The summed E-state index contributed by atoms with van der Waals surface area (Å²) in [5.41, 5.74) is -1.79. The van der Waals surface area contributed by atoms with Crippen molar-refractivity contribution < 1.29 is 45.8 Å². The number of halogens is 6. The van der Waals surface area contributed by atoms with Gasteiger partial charge >= 0.3 is 24.3 Å². The minimum absolute atomic E-state index is 0.0862. The van der Waals surface area contributed by atoms with E-state index in [4.69, 9.17) is 9.84 Å². The Labute approximate surface area is 222 Å². The molecule has 0 bridgehead atoms. The van der Waals surface area contributed by atoms with Crippen molar-refractivity contribution in [1.29, 1.82) is 0 Å². The van der Waals surface area contributed by atoms with Crippen molar-refractivity contribution in [3.8, 4) is 0 Å². The number of piperidine rings is 1. The molecule has 0 aromatic heterocycles. The van der Waals surface area contributed by atoms with Gasteiger partial charge in [0.2, 0.25) is 0 Å². The summed E-state index contributed by atoms with van der Waals surface area (Å²) < 4.78 is 85.5. The molecule has 4 rings (SSSR count). The lowest BCUT2D eigenvalue weighted by atomic mass is 9.95. The summed E-state index contributed by atoms with van der Waals surface area (Å²) in [6, 6.07) is 6.91. The van der Waals surface area contributed by atoms with E-state index in [1.165, 1.54) is 32.3 Å². The number of carbonyl (C=O) groups is 2. The predicted molar refractivity (Wildman–Crippen MR) is 131 cm³/mol. The van der Waals surface area contributed by atoms with Gasteiger partial charge in [0.1, 0.15) is 6.10 Å². The predicted octanol–water partition coefficient (Wildman–Crippen LogP) is 7.29. The summed E-state index contributed by atoms with van der Waals surface area (Å²) >= 11 is 0. The molecule has 5 nitrogen and oxygen atoms in total. The molecule has 1 aliphatic carbocycles. The molecule has 0 amide bonds. The van der Waals surface area contributed by atoms with Gasteiger partial charge in [-0.1, -0.05) is 31.4 Å². The van der Waals surface area contributed by atoms with E-state index in [2.05, 4.69) is 0 Å². The molecule has 1 aliphatic heterocycles. The number of nitrogens with zero attached hydrogens (tertiary/aromatic N) is 1. The molecular formula is C28H31F6NO4. The number of esters is 1. The van der Waals surface area contributed by atoms with Crippen LogP contribution in [0, 0.1) is 0 Å². The van der Waals surface area contributed by atoms with E-state index in [1.54, 1.807) is 23.1 Å². The third kappa shape index (κ3) is 9.26. The fourth-order valence-corrected chi connectivity index (χ4v) is 4.24. The number of carbonyl (C=O) groups excluding carboxylic acids is 1. The molecule has 2 aliphatic rings. The maximum atomic E-state index is 13.5. The minimum atomic E-state index is -4.80. The number of hydrogen-bond donors (Lipinski definition) is 1. The lowest BCUT2D eigenvalue weighted by molar-refractivity contribution is -0.142. The largest absolute Gasteiger partial charge is 0.481 e. The number of benzene rings is 2. The van der Waals surface area contributed by atoms with Crippen molar-refractivity contribution >= 4 is 11.9 Å². The van der Waals surface area contributed by atoms with Crippen LogP contribution in [0.15, 0.2) is 42.5 Å². The van der Waals surface area contributed by atoms with Crippen molar-refractivity contribution in [3.63, 3.8) is 0 Å². The number of aliphatic carboxylic acids is 1. The van der Waals surface area contributed by atoms with Crippen LogP contribution in [-0.2, 0) is 28.3 Å². The summed E-state index contributed by atoms with van der Waals surface area (Å²) in [6.45, 7) is 1.89. The van der Waals surface area contributed by atoms with Gasteiger partial charge in [-0.25, -0.2) is 4.79 Å². The number of aryl methyl sites for hydroxylation is 1. The van der Waals surface area contributed by atoms with Crippen LogP contribution in [-0.4, -0.2) is 41.1 Å². The van der Waals surface area contributed by atoms with Crippen LogP contribution in [0.5, 0.6) is 0 Å². The number of ether oxygens (including phenoxy) is 1. The maximum absolute atomic E-state index is 13.5. The van der Waals surface area contributed by atoms with E-state index in [1.807, 2.05) is 0 Å². The fraction of sp³-hybridized carbons (Fsp3) is 0.500. The smallest absolute Gasteiger partial charge is 0.416 e. The zero-order chi connectivity index (χ0) is 28.8. The summed E-state index contributed by atoms with van der Waals surface area (Å²) in [4.78, 5) is 24.9. The maximum Gasteiger partial charge on any atom is 0.416 e. The lowest BCUT2D eigenvalue weighted by Crippen LogP contribution is -2.39. The van der Waals surface area contributed by atoms with Gasteiger partial charge in [0.25, 0.3) is 0 Å². The molecule has 2 fully saturated rings. The van der Waals surface area contributed by atoms with E-state index < -0.39 is 53.1 Å². The Kier molecular flexibility index (Phi) is 10.0. The molecule has 1 saturated heterocycles. The van der Waals surface area contributed by atoms with Crippen LogP contribution in [0.1, 0.15) is 84.1 Å². The van der Waals surface area contributed by atoms with Gasteiger partial charge in [0.05, 0.1) is 16.7 Å². The molecule has 2 aromatic rings. The van der Waals surface area contributed by atoms with Gasteiger partial charge in [-0.15, -0.1) is 0 Å². The molecule has 0 spiro atoms. The van der Waals surface area contributed by atoms with Crippen molar-refractivity contribution in [2.45, 2.75) is 76.4 Å². The van der Waals surface area contributed by atoms with Crippen molar-refractivity contribution in [2.24, 2.45) is 0 Å².